The van der Waals surface area contributed by atoms with Gasteiger partial charge >= 0.3 is 0 Å². The van der Waals surface area contributed by atoms with Gasteiger partial charge in [0.15, 0.2) is 0 Å². The highest BCUT2D eigenvalue weighted by atomic mass is 16.5. The highest BCUT2D eigenvalue weighted by molar-refractivity contribution is 5.20. The molecule has 3 nitrogen and oxygen atoms in total. The van der Waals surface area contributed by atoms with E-state index in [1.165, 1.54) is 5.56 Å². The average molecular weight is 204 g/mol. The lowest BCUT2D eigenvalue weighted by Crippen LogP contribution is -2.14. The minimum absolute atomic E-state index is 0.655. The van der Waals surface area contributed by atoms with E-state index in [-0.39, 0.29) is 0 Å². The number of pyridine rings is 1. The van der Waals surface area contributed by atoms with E-state index in [9.17, 15) is 0 Å². The predicted octanol–water partition coefficient (Wildman–Crippen LogP) is 1.59. The van der Waals surface area contributed by atoms with Crippen molar-refractivity contribution < 1.29 is 4.74 Å². The van der Waals surface area contributed by atoms with Crippen LogP contribution in [0.4, 0.5) is 0 Å². The molecule has 1 aromatic rings. The second-order valence-electron chi connectivity index (χ2n) is 3.06. The Labute approximate surface area is 90.9 Å². The number of nitrogens with zero attached hydrogens (tertiary/aromatic N) is 1. The molecule has 0 aliphatic heterocycles. The molecule has 1 rings (SSSR count). The molecule has 0 saturated carbocycles. The van der Waals surface area contributed by atoms with Crippen molar-refractivity contribution in [3.05, 3.63) is 23.9 Å². The Balaban J connectivity index is 2.32. The topological polar surface area (TPSA) is 34.2 Å². The predicted molar refractivity (Wildman–Crippen MR) is 60.6 cm³/mol. The summed E-state index contributed by atoms with van der Waals surface area (Å²) in [5.74, 6) is 6.53. The van der Waals surface area contributed by atoms with Gasteiger partial charge in [-0.25, -0.2) is 4.98 Å². The van der Waals surface area contributed by atoms with Crippen LogP contribution in [0.25, 0.3) is 0 Å². The number of nitrogens with one attached hydrogen (secondary N) is 1. The first-order valence-corrected chi connectivity index (χ1v) is 4.96. The van der Waals surface area contributed by atoms with Crippen LogP contribution in [0.5, 0.6) is 5.88 Å². The first kappa shape index (κ1) is 11.5. The van der Waals surface area contributed by atoms with Crippen LogP contribution in [0.1, 0.15) is 18.9 Å². The fraction of sp³-hybridized carbons (Fsp3) is 0.417. The number of hydrogen-bond acceptors (Lipinski definition) is 3. The summed E-state index contributed by atoms with van der Waals surface area (Å²) in [6.07, 6.45) is 2.64. The summed E-state index contributed by atoms with van der Waals surface area (Å²) in [5, 5.41) is 3.30. The summed E-state index contributed by atoms with van der Waals surface area (Å²) >= 11 is 0. The molecule has 1 N–H and O–H groups in total. The molecule has 15 heavy (non-hydrogen) atoms. The largest absolute Gasteiger partial charge is 0.481 e. The Bertz CT molecular complexity index is 352. The van der Waals surface area contributed by atoms with E-state index in [2.05, 4.69) is 22.1 Å². The molecule has 0 atom stereocenters. The van der Waals surface area contributed by atoms with Gasteiger partial charge in [0, 0.05) is 31.8 Å². The van der Waals surface area contributed by atoms with Crippen LogP contribution in [0, 0.1) is 11.8 Å². The summed E-state index contributed by atoms with van der Waals surface area (Å²) in [6.45, 7) is 3.59. The average Bonchev–Trinajstić information content (AvgIpc) is 2.29. The maximum absolute atomic E-state index is 5.04. The van der Waals surface area contributed by atoms with Crippen molar-refractivity contribution in [2.75, 3.05) is 13.7 Å². The lowest BCUT2D eigenvalue weighted by Gasteiger charge is -2.04. The van der Waals surface area contributed by atoms with Gasteiger partial charge in [0.25, 0.3) is 0 Å². The van der Waals surface area contributed by atoms with Gasteiger partial charge in [-0.1, -0.05) is 0 Å². The first-order valence-electron chi connectivity index (χ1n) is 4.96. The van der Waals surface area contributed by atoms with E-state index in [1.807, 2.05) is 19.1 Å². The minimum atomic E-state index is 0.655. The highest BCUT2D eigenvalue weighted by Crippen LogP contribution is 2.07. The molecule has 80 valence electrons. The van der Waals surface area contributed by atoms with Gasteiger partial charge in [0.2, 0.25) is 5.88 Å². The first-order chi connectivity index (χ1) is 7.36. The highest BCUT2D eigenvalue weighted by Gasteiger charge is 1.95. The number of ether oxygens (including phenoxy) is 1. The summed E-state index contributed by atoms with van der Waals surface area (Å²) < 4.78 is 5.04. The SMILES string of the molecule is CC#CCCNCc1ccnc(OC)c1. The zero-order valence-corrected chi connectivity index (χ0v) is 9.21. The van der Waals surface area contributed by atoms with Gasteiger partial charge in [-0.2, -0.15) is 0 Å². The molecule has 1 heterocycles. The summed E-state index contributed by atoms with van der Waals surface area (Å²) in [5.41, 5.74) is 1.17. The molecule has 0 radical (unpaired) electrons. The quantitative estimate of drug-likeness (QED) is 0.584. The van der Waals surface area contributed by atoms with Crippen LogP contribution in [-0.4, -0.2) is 18.6 Å². The molecule has 1 aromatic heterocycles. The van der Waals surface area contributed by atoms with Crippen molar-refractivity contribution in [3.8, 4) is 17.7 Å². The second-order valence-corrected chi connectivity index (χ2v) is 3.06. The van der Waals surface area contributed by atoms with Crippen molar-refractivity contribution in [2.45, 2.75) is 19.9 Å². The van der Waals surface area contributed by atoms with E-state index >= 15 is 0 Å². The Morgan fingerprint density at radius 1 is 1.53 bits per heavy atom. The van der Waals surface area contributed by atoms with Crippen molar-refractivity contribution in [1.82, 2.24) is 10.3 Å². The van der Waals surface area contributed by atoms with Gasteiger partial charge in [-0.05, 0) is 18.6 Å². The molecule has 0 aromatic carbocycles. The van der Waals surface area contributed by atoms with Crippen LogP contribution in [0.15, 0.2) is 18.3 Å². The van der Waals surface area contributed by atoms with Crippen molar-refractivity contribution in [3.63, 3.8) is 0 Å². The standard InChI is InChI=1S/C12H16N2O/c1-3-4-5-7-13-10-11-6-8-14-12(9-11)15-2/h6,8-9,13H,5,7,10H2,1-2H3. The van der Waals surface area contributed by atoms with E-state index in [4.69, 9.17) is 4.74 Å². The number of aromatic nitrogens is 1. The van der Waals surface area contributed by atoms with Gasteiger partial charge < -0.3 is 10.1 Å². The zero-order chi connectivity index (χ0) is 10.9. The summed E-state index contributed by atoms with van der Waals surface area (Å²) in [7, 11) is 1.62. The number of methoxy groups -OCH3 is 1. The van der Waals surface area contributed by atoms with E-state index in [1.54, 1.807) is 13.3 Å². The number of rotatable bonds is 5. The van der Waals surface area contributed by atoms with Gasteiger partial charge in [-0.15, -0.1) is 11.8 Å². The Hall–Kier alpha value is -1.53. The third-order valence-electron chi connectivity index (χ3n) is 1.94. The monoisotopic (exact) mass is 204 g/mol. The fourth-order valence-corrected chi connectivity index (χ4v) is 1.18. The lowest BCUT2D eigenvalue weighted by molar-refractivity contribution is 0.397. The molecule has 0 bridgehead atoms. The Kier molecular flexibility index (Phi) is 5.28. The van der Waals surface area contributed by atoms with Gasteiger partial charge in [-0.3, -0.25) is 0 Å². The Morgan fingerprint density at radius 2 is 2.40 bits per heavy atom. The Morgan fingerprint density at radius 3 is 3.13 bits per heavy atom. The zero-order valence-electron chi connectivity index (χ0n) is 9.21. The molecule has 0 aliphatic carbocycles. The van der Waals surface area contributed by atoms with E-state index in [0.29, 0.717) is 5.88 Å². The molecule has 3 heteroatoms. The van der Waals surface area contributed by atoms with Gasteiger partial charge in [0.05, 0.1) is 7.11 Å². The molecule has 0 aliphatic rings. The molecular weight excluding hydrogens is 188 g/mol. The minimum Gasteiger partial charge on any atom is -0.481 e. The van der Waals surface area contributed by atoms with Gasteiger partial charge in [0.1, 0.15) is 0 Å². The van der Waals surface area contributed by atoms with Crippen LogP contribution < -0.4 is 10.1 Å². The summed E-state index contributed by atoms with van der Waals surface area (Å²) in [6, 6.07) is 3.90. The van der Waals surface area contributed by atoms with E-state index < -0.39 is 0 Å². The molecule has 0 amide bonds. The van der Waals surface area contributed by atoms with Crippen LogP contribution >= 0.6 is 0 Å². The van der Waals surface area contributed by atoms with E-state index in [0.717, 1.165) is 19.5 Å². The van der Waals surface area contributed by atoms with Crippen LogP contribution in [0.2, 0.25) is 0 Å². The van der Waals surface area contributed by atoms with Crippen LogP contribution in [0.3, 0.4) is 0 Å². The fourth-order valence-electron chi connectivity index (χ4n) is 1.18. The smallest absolute Gasteiger partial charge is 0.213 e. The molecule has 0 unspecified atom stereocenters. The van der Waals surface area contributed by atoms with Crippen molar-refractivity contribution in [2.24, 2.45) is 0 Å². The molecule has 0 spiro atoms. The molecule has 0 saturated heterocycles. The maximum Gasteiger partial charge on any atom is 0.213 e. The third kappa shape index (κ3) is 4.48. The van der Waals surface area contributed by atoms with Crippen molar-refractivity contribution in [1.29, 1.82) is 0 Å². The molecule has 0 fully saturated rings. The third-order valence-corrected chi connectivity index (χ3v) is 1.94. The maximum atomic E-state index is 5.04. The van der Waals surface area contributed by atoms with Crippen LogP contribution in [-0.2, 0) is 6.54 Å². The number of hydrogen-bond donors (Lipinski definition) is 1. The molecular formula is C12H16N2O. The lowest BCUT2D eigenvalue weighted by atomic mass is 10.2. The summed E-state index contributed by atoms with van der Waals surface area (Å²) in [4.78, 5) is 4.04. The normalized spacial score (nSPS) is 9.20. The van der Waals surface area contributed by atoms with Crippen molar-refractivity contribution >= 4 is 0 Å². The second kappa shape index (κ2) is 6.86.